The molecule has 0 aliphatic rings. The molecule has 0 heterocycles. The average Bonchev–Trinajstić information content (AvgIpc) is 2.71. The van der Waals surface area contributed by atoms with Gasteiger partial charge in [0.1, 0.15) is 27.6 Å². The second kappa shape index (κ2) is 9.18. The zero-order valence-corrected chi connectivity index (χ0v) is 20.9. The Kier molecular flexibility index (Phi) is 7.36. The molecule has 29 heavy (non-hydrogen) atoms. The maximum atomic E-state index is 5.98. The molecule has 2 rings (SSSR count). The lowest BCUT2D eigenvalue weighted by molar-refractivity contribution is 0.378. The Balaban J connectivity index is 2.07. The van der Waals surface area contributed by atoms with Gasteiger partial charge in [0.25, 0.3) is 0 Å². The van der Waals surface area contributed by atoms with Crippen molar-refractivity contribution >= 4 is 16.1 Å². The van der Waals surface area contributed by atoms with Crippen LogP contribution in [-0.2, 0) is 5.41 Å². The first-order valence-electron chi connectivity index (χ1n) is 10.2. The van der Waals surface area contributed by atoms with Gasteiger partial charge in [-0.05, 0) is 35.4 Å². The van der Waals surface area contributed by atoms with Gasteiger partial charge in [-0.15, -0.1) is 13.2 Å². The SMILES string of the molecule is C=C[Si](C)(C)COc1ccc(C(C)(C)c2ccc(OC[Si](C)(C)C=C)cc2)cc1. The quantitative estimate of drug-likeness (QED) is 0.394. The summed E-state index contributed by atoms with van der Waals surface area (Å²) < 4.78 is 12.0. The van der Waals surface area contributed by atoms with Crippen LogP contribution >= 0.6 is 0 Å². The van der Waals surface area contributed by atoms with Crippen molar-refractivity contribution in [3.63, 3.8) is 0 Å². The Morgan fingerprint density at radius 2 is 1.00 bits per heavy atom. The van der Waals surface area contributed by atoms with E-state index in [1.165, 1.54) is 11.1 Å². The summed E-state index contributed by atoms with van der Waals surface area (Å²) in [4.78, 5) is 0. The van der Waals surface area contributed by atoms with Crippen LogP contribution < -0.4 is 9.47 Å². The predicted octanol–water partition coefficient (Wildman–Crippen LogP) is 6.72. The van der Waals surface area contributed by atoms with Crippen LogP contribution in [0.4, 0.5) is 0 Å². The van der Waals surface area contributed by atoms with Gasteiger partial charge in [0.2, 0.25) is 0 Å². The molecular formula is C25H36O2Si2. The molecule has 0 unspecified atom stereocenters. The highest BCUT2D eigenvalue weighted by molar-refractivity contribution is 6.82. The molecule has 0 saturated heterocycles. The van der Waals surface area contributed by atoms with E-state index < -0.39 is 16.1 Å². The Morgan fingerprint density at radius 1 is 0.690 bits per heavy atom. The third-order valence-electron chi connectivity index (χ3n) is 5.48. The highest BCUT2D eigenvalue weighted by Gasteiger charge is 2.24. The minimum absolute atomic E-state index is 0.0959. The molecule has 0 bridgehead atoms. The number of hydrogen-bond acceptors (Lipinski definition) is 2. The van der Waals surface area contributed by atoms with Crippen LogP contribution in [0.5, 0.6) is 11.5 Å². The summed E-state index contributed by atoms with van der Waals surface area (Å²) in [6.45, 7) is 21.4. The Labute approximate surface area is 179 Å². The van der Waals surface area contributed by atoms with Crippen molar-refractivity contribution in [1.82, 2.24) is 0 Å². The lowest BCUT2D eigenvalue weighted by atomic mass is 9.78. The third-order valence-corrected chi connectivity index (χ3v) is 9.47. The third kappa shape index (κ3) is 6.48. The van der Waals surface area contributed by atoms with Crippen molar-refractivity contribution in [3.05, 3.63) is 84.2 Å². The van der Waals surface area contributed by atoms with E-state index in [4.69, 9.17) is 9.47 Å². The van der Waals surface area contributed by atoms with Crippen molar-refractivity contribution in [3.8, 4) is 11.5 Å². The van der Waals surface area contributed by atoms with E-state index in [1.54, 1.807) is 0 Å². The largest absolute Gasteiger partial charge is 0.497 e. The molecular weight excluding hydrogens is 388 g/mol. The van der Waals surface area contributed by atoms with Crippen molar-refractivity contribution in [1.29, 1.82) is 0 Å². The van der Waals surface area contributed by atoms with Crippen molar-refractivity contribution in [2.75, 3.05) is 12.5 Å². The number of ether oxygens (including phenoxy) is 2. The smallest absolute Gasteiger partial charge is 0.118 e. The summed E-state index contributed by atoms with van der Waals surface area (Å²) in [5.41, 5.74) is 6.57. The zero-order chi connectivity index (χ0) is 21.7. The second-order valence-corrected chi connectivity index (χ2v) is 19.0. The Morgan fingerprint density at radius 3 is 1.28 bits per heavy atom. The van der Waals surface area contributed by atoms with Gasteiger partial charge in [-0.3, -0.25) is 0 Å². The first-order chi connectivity index (χ1) is 13.5. The molecule has 0 aliphatic carbocycles. The number of benzene rings is 2. The van der Waals surface area contributed by atoms with Gasteiger partial charge in [-0.1, -0.05) is 75.7 Å². The van der Waals surface area contributed by atoms with E-state index in [0.29, 0.717) is 0 Å². The number of rotatable bonds is 10. The first kappa shape index (κ1) is 23.2. The van der Waals surface area contributed by atoms with Crippen LogP contribution in [0.1, 0.15) is 25.0 Å². The molecule has 0 amide bonds. The summed E-state index contributed by atoms with van der Waals surface area (Å²) in [5.74, 6) is 1.84. The molecule has 0 atom stereocenters. The van der Waals surface area contributed by atoms with Gasteiger partial charge in [0.05, 0.1) is 12.5 Å². The molecule has 0 aliphatic heterocycles. The van der Waals surface area contributed by atoms with Crippen LogP contribution in [0.3, 0.4) is 0 Å². The van der Waals surface area contributed by atoms with Gasteiger partial charge < -0.3 is 9.47 Å². The summed E-state index contributed by atoms with van der Waals surface area (Å²) >= 11 is 0. The lowest BCUT2D eigenvalue weighted by Crippen LogP contribution is -2.32. The van der Waals surface area contributed by atoms with Crippen molar-refractivity contribution < 1.29 is 9.47 Å². The van der Waals surface area contributed by atoms with Gasteiger partial charge in [-0.2, -0.15) is 0 Å². The predicted molar refractivity (Wildman–Crippen MR) is 131 cm³/mol. The molecule has 156 valence electrons. The molecule has 0 fully saturated rings. The van der Waals surface area contributed by atoms with E-state index in [2.05, 4.69) is 113 Å². The van der Waals surface area contributed by atoms with Crippen LogP contribution in [0, 0.1) is 0 Å². The maximum absolute atomic E-state index is 5.98. The molecule has 2 nitrogen and oxygen atoms in total. The van der Waals surface area contributed by atoms with Crippen LogP contribution in [-0.4, -0.2) is 28.6 Å². The van der Waals surface area contributed by atoms with Gasteiger partial charge >= 0.3 is 0 Å². The average molecular weight is 425 g/mol. The molecule has 0 spiro atoms. The normalized spacial score (nSPS) is 12.3. The van der Waals surface area contributed by atoms with Crippen molar-refractivity contribution in [2.45, 2.75) is 45.5 Å². The summed E-state index contributed by atoms with van der Waals surface area (Å²) in [6, 6.07) is 17.0. The Bertz CT molecular complexity index is 749. The summed E-state index contributed by atoms with van der Waals surface area (Å²) in [7, 11) is -2.93. The minimum atomic E-state index is -1.46. The van der Waals surface area contributed by atoms with Crippen LogP contribution in [0.15, 0.2) is 73.1 Å². The fourth-order valence-corrected chi connectivity index (χ4v) is 4.07. The fourth-order valence-electron chi connectivity index (χ4n) is 2.76. The standard InChI is InChI=1S/C25H36O2Si2/c1-9-28(5,6)19-26-23-15-11-21(12-16-23)25(3,4)22-13-17-24(18-14-22)27-20-29(7,8)10-2/h9-18H,1-2,19-20H2,3-8H3. The zero-order valence-electron chi connectivity index (χ0n) is 18.9. The van der Waals surface area contributed by atoms with Gasteiger partial charge in [-0.25, -0.2) is 0 Å². The molecule has 2 aromatic carbocycles. The molecule has 0 aromatic heterocycles. The lowest BCUT2D eigenvalue weighted by Gasteiger charge is -2.27. The monoisotopic (exact) mass is 424 g/mol. The van der Waals surface area contributed by atoms with Crippen molar-refractivity contribution in [2.24, 2.45) is 0 Å². The van der Waals surface area contributed by atoms with E-state index in [9.17, 15) is 0 Å². The minimum Gasteiger partial charge on any atom is -0.497 e. The molecule has 2 aromatic rings. The Hall–Kier alpha value is -2.05. The first-order valence-corrected chi connectivity index (χ1v) is 16.8. The van der Waals surface area contributed by atoms with Crippen LogP contribution in [0.25, 0.3) is 0 Å². The highest BCUT2D eigenvalue weighted by atomic mass is 28.3. The topological polar surface area (TPSA) is 18.5 Å². The summed E-state index contributed by atoms with van der Waals surface area (Å²) in [6.07, 6.45) is 1.51. The molecule has 0 radical (unpaired) electrons. The van der Waals surface area contributed by atoms with Gasteiger partial charge in [0.15, 0.2) is 0 Å². The molecule has 0 N–H and O–H groups in total. The highest BCUT2D eigenvalue weighted by Crippen LogP contribution is 2.33. The van der Waals surface area contributed by atoms with Gasteiger partial charge in [0, 0.05) is 5.41 Å². The van der Waals surface area contributed by atoms with E-state index in [-0.39, 0.29) is 5.41 Å². The molecule has 4 heteroatoms. The maximum Gasteiger partial charge on any atom is 0.118 e. The van der Waals surface area contributed by atoms with E-state index in [1.807, 2.05) is 0 Å². The number of hydrogen-bond donors (Lipinski definition) is 0. The van der Waals surface area contributed by atoms with Crippen LogP contribution in [0.2, 0.25) is 26.2 Å². The summed E-state index contributed by atoms with van der Waals surface area (Å²) in [5, 5.41) is 0. The van der Waals surface area contributed by atoms with E-state index in [0.717, 1.165) is 24.0 Å². The molecule has 0 saturated carbocycles. The van der Waals surface area contributed by atoms with E-state index >= 15 is 0 Å². The second-order valence-electron chi connectivity index (χ2n) is 9.64. The fraction of sp³-hybridized carbons (Fsp3) is 0.360.